The number of hydrogen-bond donors (Lipinski definition) is 1. The van der Waals surface area contributed by atoms with Crippen LogP contribution in [-0.4, -0.2) is 5.91 Å². The molecule has 1 atom stereocenters. The second-order valence-electron chi connectivity index (χ2n) is 5.49. The summed E-state index contributed by atoms with van der Waals surface area (Å²) in [5, 5.41) is 5.13. The van der Waals surface area contributed by atoms with E-state index in [0.717, 1.165) is 5.56 Å². The number of aryl methyl sites for hydroxylation is 1. The molecule has 2 rings (SSSR count). The number of carbonyl (C=O) groups is 1. The molecule has 3 heteroatoms. The summed E-state index contributed by atoms with van der Waals surface area (Å²) in [7, 11) is 0. The van der Waals surface area contributed by atoms with Crippen LogP contribution in [0.3, 0.4) is 0 Å². The van der Waals surface area contributed by atoms with Gasteiger partial charge in [0.1, 0.15) is 0 Å². The van der Waals surface area contributed by atoms with Crippen LogP contribution in [-0.2, 0) is 4.79 Å². The molecule has 1 N–H and O–H groups in total. The predicted molar refractivity (Wildman–Crippen MR) is 90.3 cm³/mol. The first-order valence-corrected chi connectivity index (χ1v) is 8.03. The highest BCUT2D eigenvalue weighted by Crippen LogP contribution is 2.25. The van der Waals surface area contributed by atoms with Gasteiger partial charge in [-0.3, -0.25) is 4.79 Å². The van der Waals surface area contributed by atoms with Crippen molar-refractivity contribution in [2.24, 2.45) is 5.92 Å². The molecular weight excluding hydrogens is 278 g/mol. The maximum Gasteiger partial charge on any atom is 0.244 e. The lowest BCUT2D eigenvalue weighted by Crippen LogP contribution is -2.29. The molecule has 0 fully saturated rings. The summed E-state index contributed by atoms with van der Waals surface area (Å²) in [6.45, 7) is 6.29. The number of thiophene rings is 1. The fraction of sp³-hybridized carbons (Fsp3) is 0.278. The zero-order valence-corrected chi connectivity index (χ0v) is 13.5. The fourth-order valence-electron chi connectivity index (χ4n) is 2.09. The lowest BCUT2D eigenvalue weighted by Gasteiger charge is -2.20. The van der Waals surface area contributed by atoms with Crippen molar-refractivity contribution in [1.82, 2.24) is 5.32 Å². The first kappa shape index (κ1) is 15.5. The van der Waals surface area contributed by atoms with Crippen LogP contribution >= 0.6 is 11.3 Å². The number of benzene rings is 1. The first-order valence-electron chi connectivity index (χ1n) is 7.15. The highest BCUT2D eigenvalue weighted by molar-refractivity contribution is 7.10. The normalized spacial score (nSPS) is 12.8. The van der Waals surface area contributed by atoms with Gasteiger partial charge in [-0.25, -0.2) is 0 Å². The van der Waals surface area contributed by atoms with Crippen molar-refractivity contribution in [3.63, 3.8) is 0 Å². The fourth-order valence-corrected chi connectivity index (χ4v) is 3.03. The zero-order chi connectivity index (χ0) is 15.2. The van der Waals surface area contributed by atoms with Gasteiger partial charge in [0, 0.05) is 11.0 Å². The van der Waals surface area contributed by atoms with E-state index in [-0.39, 0.29) is 11.9 Å². The second kappa shape index (κ2) is 7.23. The summed E-state index contributed by atoms with van der Waals surface area (Å²) in [4.78, 5) is 13.3. The first-order chi connectivity index (χ1) is 10.1. The Bertz CT molecular complexity index is 597. The van der Waals surface area contributed by atoms with Gasteiger partial charge in [0.2, 0.25) is 5.91 Å². The predicted octanol–water partition coefficient (Wildman–Crippen LogP) is 4.58. The van der Waals surface area contributed by atoms with Gasteiger partial charge in [0.25, 0.3) is 0 Å². The van der Waals surface area contributed by atoms with Crippen LogP contribution in [0.25, 0.3) is 6.08 Å². The largest absolute Gasteiger partial charge is 0.345 e. The molecule has 21 heavy (non-hydrogen) atoms. The Hall–Kier alpha value is -1.87. The summed E-state index contributed by atoms with van der Waals surface area (Å²) in [6, 6.07) is 12.3. The van der Waals surface area contributed by atoms with E-state index in [1.165, 1.54) is 10.4 Å². The van der Waals surface area contributed by atoms with E-state index >= 15 is 0 Å². The third-order valence-corrected chi connectivity index (χ3v) is 4.27. The van der Waals surface area contributed by atoms with Gasteiger partial charge in [0.05, 0.1) is 6.04 Å². The van der Waals surface area contributed by atoms with Crippen molar-refractivity contribution in [1.29, 1.82) is 0 Å². The number of nitrogens with one attached hydrogen (secondary N) is 1. The van der Waals surface area contributed by atoms with E-state index in [2.05, 4.69) is 32.2 Å². The van der Waals surface area contributed by atoms with Crippen LogP contribution in [0.15, 0.2) is 47.9 Å². The third kappa shape index (κ3) is 4.57. The molecule has 1 aromatic heterocycles. The van der Waals surface area contributed by atoms with Crippen LogP contribution in [0.1, 0.15) is 35.9 Å². The number of rotatable bonds is 5. The number of amides is 1. The Morgan fingerprint density at radius 3 is 2.48 bits per heavy atom. The average molecular weight is 299 g/mol. The summed E-state index contributed by atoms with van der Waals surface area (Å²) < 4.78 is 0. The van der Waals surface area contributed by atoms with Gasteiger partial charge in [-0.05, 0) is 35.9 Å². The molecule has 0 saturated carbocycles. The van der Waals surface area contributed by atoms with E-state index in [4.69, 9.17) is 0 Å². The molecule has 1 aromatic carbocycles. The highest BCUT2D eigenvalue weighted by atomic mass is 32.1. The molecule has 2 nitrogen and oxygen atoms in total. The molecule has 0 spiro atoms. The van der Waals surface area contributed by atoms with E-state index in [9.17, 15) is 4.79 Å². The SMILES string of the molecule is Cc1ccc(/C=C/C(=O)NC(c2cccs2)C(C)C)cc1. The minimum absolute atomic E-state index is 0.0531. The maximum absolute atomic E-state index is 12.1. The van der Waals surface area contributed by atoms with Crippen LogP contribution in [0, 0.1) is 12.8 Å². The standard InChI is InChI=1S/C18H21NOS/c1-13(2)18(16-5-4-12-21-16)19-17(20)11-10-15-8-6-14(3)7-9-15/h4-13,18H,1-3H3,(H,19,20)/b11-10+. The smallest absolute Gasteiger partial charge is 0.244 e. The average Bonchev–Trinajstić information content (AvgIpc) is 2.97. The quantitative estimate of drug-likeness (QED) is 0.804. The monoisotopic (exact) mass is 299 g/mol. The van der Waals surface area contributed by atoms with E-state index in [1.807, 2.05) is 41.8 Å². The molecule has 1 unspecified atom stereocenters. The van der Waals surface area contributed by atoms with Crippen LogP contribution < -0.4 is 5.32 Å². The zero-order valence-electron chi connectivity index (χ0n) is 12.7. The lowest BCUT2D eigenvalue weighted by atomic mass is 10.0. The van der Waals surface area contributed by atoms with E-state index < -0.39 is 0 Å². The van der Waals surface area contributed by atoms with Gasteiger partial charge in [0.15, 0.2) is 0 Å². The molecule has 1 heterocycles. The Labute approximate surface area is 130 Å². The van der Waals surface area contributed by atoms with E-state index in [0.29, 0.717) is 5.92 Å². The van der Waals surface area contributed by atoms with Crippen LogP contribution in [0.5, 0.6) is 0 Å². The maximum atomic E-state index is 12.1. The molecule has 110 valence electrons. The number of hydrogen-bond acceptors (Lipinski definition) is 2. The molecule has 0 aliphatic heterocycles. The summed E-state index contributed by atoms with van der Waals surface area (Å²) in [6.07, 6.45) is 3.45. The lowest BCUT2D eigenvalue weighted by molar-refractivity contribution is -0.117. The topological polar surface area (TPSA) is 29.1 Å². The number of carbonyl (C=O) groups excluding carboxylic acids is 1. The van der Waals surface area contributed by atoms with Gasteiger partial charge in [-0.15, -0.1) is 11.3 Å². The summed E-state index contributed by atoms with van der Waals surface area (Å²) >= 11 is 1.68. The highest BCUT2D eigenvalue weighted by Gasteiger charge is 2.17. The molecule has 0 aliphatic rings. The van der Waals surface area contributed by atoms with Crippen molar-refractivity contribution < 1.29 is 4.79 Å². The van der Waals surface area contributed by atoms with Crippen LogP contribution in [0.2, 0.25) is 0 Å². The third-order valence-electron chi connectivity index (χ3n) is 3.32. The Balaban J connectivity index is 2.01. The van der Waals surface area contributed by atoms with Crippen molar-refractivity contribution >= 4 is 23.3 Å². The van der Waals surface area contributed by atoms with Crippen molar-refractivity contribution in [2.75, 3.05) is 0 Å². The summed E-state index contributed by atoms with van der Waals surface area (Å²) in [5.74, 6) is 0.308. The Morgan fingerprint density at radius 2 is 1.90 bits per heavy atom. The van der Waals surface area contributed by atoms with Gasteiger partial charge >= 0.3 is 0 Å². The van der Waals surface area contributed by atoms with Crippen molar-refractivity contribution in [3.05, 3.63) is 63.9 Å². The summed E-state index contributed by atoms with van der Waals surface area (Å²) in [5.41, 5.74) is 2.25. The van der Waals surface area contributed by atoms with Gasteiger partial charge in [-0.1, -0.05) is 49.7 Å². The van der Waals surface area contributed by atoms with Gasteiger partial charge in [-0.2, -0.15) is 0 Å². The molecule has 0 saturated heterocycles. The van der Waals surface area contributed by atoms with Crippen molar-refractivity contribution in [2.45, 2.75) is 26.8 Å². The Morgan fingerprint density at radius 1 is 1.19 bits per heavy atom. The second-order valence-corrected chi connectivity index (χ2v) is 6.47. The molecule has 2 aromatic rings. The molecule has 1 amide bonds. The van der Waals surface area contributed by atoms with Crippen LogP contribution in [0.4, 0.5) is 0 Å². The molecule has 0 bridgehead atoms. The Kier molecular flexibility index (Phi) is 5.34. The molecular formula is C18H21NOS. The van der Waals surface area contributed by atoms with Gasteiger partial charge < -0.3 is 5.32 Å². The molecule has 0 aliphatic carbocycles. The minimum Gasteiger partial charge on any atom is -0.345 e. The minimum atomic E-state index is -0.0531. The van der Waals surface area contributed by atoms with Crippen molar-refractivity contribution in [3.8, 4) is 0 Å². The molecule has 0 radical (unpaired) electrons. The van der Waals surface area contributed by atoms with E-state index in [1.54, 1.807) is 17.4 Å².